The van der Waals surface area contributed by atoms with Gasteiger partial charge < -0.3 is 4.90 Å². The lowest BCUT2D eigenvalue weighted by atomic mass is 9.82. The van der Waals surface area contributed by atoms with Crippen LogP contribution in [-0.2, 0) is 14.4 Å². The van der Waals surface area contributed by atoms with E-state index >= 15 is 0 Å². The summed E-state index contributed by atoms with van der Waals surface area (Å²) in [5.41, 5.74) is -0.177. The minimum atomic E-state index is -1.13. The topological polar surface area (TPSA) is 54.5 Å². The number of carbonyl (C=O) groups excluding carboxylic acids is 3. The zero-order chi connectivity index (χ0) is 25.8. The number of nitrogens with zero attached hydrogens (tertiary/aromatic N) is 1. The van der Waals surface area contributed by atoms with E-state index in [0.717, 1.165) is 11.1 Å². The summed E-state index contributed by atoms with van der Waals surface area (Å²) in [4.78, 5) is 40.3. The standard InChI is InChI=1S/C28H33F2NO3S/c1-4-27(2,3)24(32)25(33)31-18-6-17-28(31,26(34)35)16-5-7-23(19-8-12-21(29)13-9-19)20-10-14-22(30)15-11-20/h8-15,23H,4-7,16-18H2,1-3H3,(H,34,35). The van der Waals surface area contributed by atoms with Gasteiger partial charge in [-0.25, -0.2) is 8.78 Å². The fourth-order valence-corrected chi connectivity index (χ4v) is 5.20. The van der Waals surface area contributed by atoms with Crippen molar-refractivity contribution in [2.45, 2.75) is 70.8 Å². The van der Waals surface area contributed by atoms with Crippen LogP contribution in [0.25, 0.3) is 0 Å². The zero-order valence-electron chi connectivity index (χ0n) is 20.5. The molecule has 4 nitrogen and oxygen atoms in total. The molecule has 0 spiro atoms. The molecule has 1 unspecified atom stereocenters. The number of rotatable bonds is 10. The first kappa shape index (κ1) is 27.1. The summed E-state index contributed by atoms with van der Waals surface area (Å²) in [6.07, 6.45) is 3.11. The molecule has 0 saturated carbocycles. The number of thiol groups is 1. The van der Waals surface area contributed by atoms with E-state index < -0.39 is 27.8 Å². The molecular weight excluding hydrogens is 468 g/mol. The van der Waals surface area contributed by atoms with Gasteiger partial charge in [-0.05, 0) is 73.9 Å². The van der Waals surface area contributed by atoms with E-state index in [0.29, 0.717) is 45.1 Å². The predicted octanol–water partition coefficient (Wildman–Crippen LogP) is 6.09. The van der Waals surface area contributed by atoms with Gasteiger partial charge in [0.15, 0.2) is 0 Å². The summed E-state index contributed by atoms with van der Waals surface area (Å²) in [5, 5.41) is -0.412. The van der Waals surface area contributed by atoms with Crippen LogP contribution in [-0.4, -0.2) is 33.8 Å². The second-order valence-corrected chi connectivity index (χ2v) is 10.4. The summed E-state index contributed by atoms with van der Waals surface area (Å²) in [7, 11) is 0. The Morgan fingerprint density at radius 2 is 1.51 bits per heavy atom. The van der Waals surface area contributed by atoms with Crippen molar-refractivity contribution in [3.05, 3.63) is 71.3 Å². The Balaban J connectivity index is 1.83. The molecule has 2 aromatic rings. The van der Waals surface area contributed by atoms with Crippen molar-refractivity contribution in [2.24, 2.45) is 5.41 Å². The molecule has 1 aliphatic rings. The minimum Gasteiger partial charge on any atom is -0.322 e. The van der Waals surface area contributed by atoms with Crippen LogP contribution in [0.1, 0.15) is 76.3 Å². The number of hydrogen-bond acceptors (Lipinski definition) is 3. The van der Waals surface area contributed by atoms with Crippen molar-refractivity contribution in [2.75, 3.05) is 6.54 Å². The molecule has 1 amide bonds. The third-order valence-electron chi connectivity index (χ3n) is 7.45. The Labute approximate surface area is 211 Å². The van der Waals surface area contributed by atoms with Crippen LogP contribution in [0, 0.1) is 17.0 Å². The monoisotopic (exact) mass is 501 g/mol. The van der Waals surface area contributed by atoms with Gasteiger partial charge in [-0.2, -0.15) is 0 Å². The number of likely N-dealkylation sites (tertiary alicyclic amines) is 1. The second-order valence-electron chi connectivity index (χ2n) is 10.0. The van der Waals surface area contributed by atoms with Crippen LogP contribution in [0.4, 0.5) is 8.78 Å². The van der Waals surface area contributed by atoms with Crippen LogP contribution in [0.3, 0.4) is 0 Å². The molecule has 0 N–H and O–H groups in total. The fourth-order valence-electron chi connectivity index (χ4n) is 4.85. The first-order chi connectivity index (χ1) is 16.5. The van der Waals surface area contributed by atoms with Gasteiger partial charge in [0.2, 0.25) is 10.9 Å². The number of benzene rings is 2. The van der Waals surface area contributed by atoms with E-state index in [4.69, 9.17) is 0 Å². The average Bonchev–Trinajstić information content (AvgIpc) is 3.27. The fraction of sp³-hybridized carbons (Fsp3) is 0.464. The van der Waals surface area contributed by atoms with Crippen LogP contribution < -0.4 is 0 Å². The number of ketones is 1. The highest BCUT2D eigenvalue weighted by Crippen LogP contribution is 2.39. The van der Waals surface area contributed by atoms with Gasteiger partial charge >= 0.3 is 0 Å². The maximum absolute atomic E-state index is 13.5. The van der Waals surface area contributed by atoms with Crippen molar-refractivity contribution < 1.29 is 23.2 Å². The number of Topliss-reactive ketones (excluding diaryl/α,β-unsaturated/α-hetero) is 1. The lowest BCUT2D eigenvalue weighted by molar-refractivity contribution is -0.153. The first-order valence-electron chi connectivity index (χ1n) is 12.1. The Morgan fingerprint density at radius 3 is 1.97 bits per heavy atom. The third kappa shape index (κ3) is 5.83. The van der Waals surface area contributed by atoms with Gasteiger partial charge in [0.05, 0.1) is 0 Å². The molecule has 35 heavy (non-hydrogen) atoms. The molecule has 1 atom stereocenters. The zero-order valence-corrected chi connectivity index (χ0v) is 21.4. The highest BCUT2D eigenvalue weighted by Gasteiger charge is 2.50. The van der Waals surface area contributed by atoms with Crippen LogP contribution in [0.15, 0.2) is 48.5 Å². The van der Waals surface area contributed by atoms with E-state index in [2.05, 4.69) is 12.6 Å². The van der Waals surface area contributed by atoms with E-state index in [9.17, 15) is 23.2 Å². The van der Waals surface area contributed by atoms with Crippen molar-refractivity contribution in [1.82, 2.24) is 4.90 Å². The van der Waals surface area contributed by atoms with E-state index in [1.807, 2.05) is 6.92 Å². The number of amides is 1. The molecule has 0 aromatic heterocycles. The maximum Gasteiger partial charge on any atom is 0.291 e. The summed E-state index contributed by atoms with van der Waals surface area (Å²) < 4.78 is 27.1. The molecule has 1 aliphatic heterocycles. The SMILES string of the molecule is CCC(C)(C)C(=O)C(=O)N1CCCC1(CCCC(c1ccc(F)cc1)c1ccc(F)cc1)C(=O)S. The highest BCUT2D eigenvalue weighted by molar-refractivity contribution is 7.96. The number of hydrogen-bond donors (Lipinski definition) is 1. The predicted molar refractivity (Wildman–Crippen MR) is 135 cm³/mol. The van der Waals surface area contributed by atoms with Gasteiger partial charge in [0.25, 0.3) is 5.91 Å². The molecule has 188 valence electrons. The van der Waals surface area contributed by atoms with Crippen molar-refractivity contribution in [3.63, 3.8) is 0 Å². The quantitative estimate of drug-likeness (QED) is 0.317. The second kappa shape index (κ2) is 11.0. The Bertz CT molecular complexity index is 1020. The molecule has 2 aromatic carbocycles. The van der Waals surface area contributed by atoms with Crippen molar-refractivity contribution in [3.8, 4) is 0 Å². The third-order valence-corrected chi connectivity index (χ3v) is 7.87. The summed E-state index contributed by atoms with van der Waals surface area (Å²) in [6.45, 7) is 5.68. The van der Waals surface area contributed by atoms with Crippen molar-refractivity contribution in [1.29, 1.82) is 0 Å². The van der Waals surface area contributed by atoms with E-state index in [1.165, 1.54) is 29.2 Å². The highest BCUT2D eigenvalue weighted by atomic mass is 32.1. The molecular formula is C28H33F2NO3S. The minimum absolute atomic E-state index is 0.144. The van der Waals surface area contributed by atoms with Gasteiger partial charge in [-0.3, -0.25) is 14.4 Å². The molecule has 1 heterocycles. The van der Waals surface area contributed by atoms with Gasteiger partial charge in [-0.15, -0.1) is 12.6 Å². The largest absolute Gasteiger partial charge is 0.322 e. The van der Waals surface area contributed by atoms with Gasteiger partial charge in [-0.1, -0.05) is 45.0 Å². The normalized spacial score (nSPS) is 18.2. The van der Waals surface area contributed by atoms with E-state index in [1.54, 1.807) is 38.1 Å². The lowest BCUT2D eigenvalue weighted by Gasteiger charge is -2.37. The van der Waals surface area contributed by atoms with E-state index in [-0.39, 0.29) is 17.6 Å². The molecule has 0 bridgehead atoms. The van der Waals surface area contributed by atoms with Crippen LogP contribution >= 0.6 is 12.6 Å². The molecule has 3 rings (SSSR count). The molecule has 7 heteroatoms. The summed E-state index contributed by atoms with van der Waals surface area (Å²) in [6, 6.07) is 12.4. The Morgan fingerprint density at radius 1 is 1.00 bits per heavy atom. The van der Waals surface area contributed by atoms with Gasteiger partial charge in [0, 0.05) is 17.9 Å². The molecule has 0 radical (unpaired) electrons. The summed E-state index contributed by atoms with van der Waals surface area (Å²) >= 11 is 4.16. The summed E-state index contributed by atoms with van der Waals surface area (Å²) in [5.74, 6) is -1.94. The Hall–Kier alpha value is -2.54. The maximum atomic E-state index is 13.5. The lowest BCUT2D eigenvalue weighted by Crippen LogP contribution is -2.55. The van der Waals surface area contributed by atoms with Crippen molar-refractivity contribution >= 4 is 29.4 Å². The first-order valence-corrected chi connectivity index (χ1v) is 12.6. The smallest absolute Gasteiger partial charge is 0.291 e. The van der Waals surface area contributed by atoms with Gasteiger partial charge in [0.1, 0.15) is 17.2 Å². The molecule has 0 aliphatic carbocycles. The van der Waals surface area contributed by atoms with Crippen LogP contribution in [0.2, 0.25) is 0 Å². The number of halogens is 2. The molecule has 1 fully saturated rings. The average molecular weight is 502 g/mol. The Kier molecular flexibility index (Phi) is 8.52. The number of carbonyl (C=O) groups is 3. The molecule has 1 saturated heterocycles. The van der Waals surface area contributed by atoms with Crippen LogP contribution in [0.5, 0.6) is 0 Å².